The molecule has 0 bridgehead atoms. The molecule has 0 N–H and O–H groups in total. The van der Waals surface area contributed by atoms with Gasteiger partial charge in [-0.3, -0.25) is 4.79 Å². The zero-order chi connectivity index (χ0) is 14.0. The van der Waals surface area contributed by atoms with Crippen LogP contribution in [0.25, 0.3) is 0 Å². The number of amides is 1. The summed E-state index contributed by atoms with van der Waals surface area (Å²) in [5.41, 5.74) is 0. The van der Waals surface area contributed by atoms with Gasteiger partial charge in [-0.15, -0.1) is 11.3 Å². The lowest BCUT2D eigenvalue weighted by molar-refractivity contribution is -0.130. The van der Waals surface area contributed by atoms with Gasteiger partial charge in [-0.2, -0.15) is 0 Å². The average Bonchev–Trinajstić information content (AvgIpc) is 2.85. The first kappa shape index (κ1) is 14.6. The molecule has 4 nitrogen and oxygen atoms in total. The molecular formula is C12H14ClNO3S2. The molecule has 1 atom stereocenters. The highest BCUT2D eigenvalue weighted by atomic mass is 35.5. The minimum Gasteiger partial charge on any atom is -0.341 e. The highest BCUT2D eigenvalue weighted by molar-refractivity contribution is 7.94. The predicted octanol–water partition coefficient (Wildman–Crippen LogP) is 2.31. The van der Waals surface area contributed by atoms with Crippen molar-refractivity contribution in [2.75, 3.05) is 12.8 Å². The lowest BCUT2D eigenvalue weighted by atomic mass is 10.1. The molecule has 104 valence electrons. The number of carbonyl (C=O) groups excluding carboxylic acids is 1. The molecule has 1 aromatic rings. The molecule has 7 heteroatoms. The van der Waals surface area contributed by atoms with Gasteiger partial charge in [0.05, 0.1) is 16.6 Å². The fraction of sp³-hybridized carbons (Fsp3) is 0.417. The van der Waals surface area contributed by atoms with Gasteiger partial charge in [0, 0.05) is 29.7 Å². The van der Waals surface area contributed by atoms with Gasteiger partial charge >= 0.3 is 0 Å². The SMILES string of the molecule is CN(Cc1ccc(Cl)s1)C(=O)CC1C=CS(=O)(=O)C1. The summed E-state index contributed by atoms with van der Waals surface area (Å²) in [4.78, 5) is 14.6. The molecule has 0 aliphatic carbocycles. The first-order valence-corrected chi connectivity index (χ1v) is 8.66. The number of carbonyl (C=O) groups is 1. The Hall–Kier alpha value is -0.850. The zero-order valence-electron chi connectivity index (χ0n) is 10.4. The van der Waals surface area contributed by atoms with Gasteiger partial charge in [0.15, 0.2) is 9.84 Å². The molecule has 1 amide bonds. The second-order valence-electron chi connectivity index (χ2n) is 4.58. The first-order chi connectivity index (χ1) is 8.85. The maximum atomic E-state index is 12.0. The van der Waals surface area contributed by atoms with Crippen LogP contribution in [0.2, 0.25) is 4.34 Å². The van der Waals surface area contributed by atoms with Crippen LogP contribution in [-0.2, 0) is 21.2 Å². The highest BCUT2D eigenvalue weighted by Crippen LogP contribution is 2.23. The summed E-state index contributed by atoms with van der Waals surface area (Å²) in [6.45, 7) is 0.499. The predicted molar refractivity (Wildman–Crippen MR) is 76.8 cm³/mol. The number of hydrogen-bond donors (Lipinski definition) is 0. The van der Waals surface area contributed by atoms with Crippen molar-refractivity contribution in [3.63, 3.8) is 0 Å². The monoisotopic (exact) mass is 319 g/mol. The zero-order valence-corrected chi connectivity index (χ0v) is 12.8. The topological polar surface area (TPSA) is 54.5 Å². The van der Waals surface area contributed by atoms with E-state index in [0.29, 0.717) is 10.9 Å². The number of hydrogen-bond acceptors (Lipinski definition) is 4. The Bertz CT molecular complexity index is 606. The molecule has 0 radical (unpaired) electrons. The number of rotatable bonds is 4. The number of sulfone groups is 1. The number of halogens is 1. The van der Waals surface area contributed by atoms with Crippen LogP contribution in [0.4, 0.5) is 0 Å². The van der Waals surface area contributed by atoms with Crippen molar-refractivity contribution in [1.29, 1.82) is 0 Å². The van der Waals surface area contributed by atoms with Crippen molar-refractivity contribution in [2.45, 2.75) is 13.0 Å². The molecule has 2 rings (SSSR count). The minimum absolute atomic E-state index is 0.0391. The number of nitrogens with zero attached hydrogens (tertiary/aromatic N) is 1. The van der Waals surface area contributed by atoms with E-state index in [1.807, 2.05) is 6.07 Å². The second kappa shape index (κ2) is 5.64. The van der Waals surface area contributed by atoms with Crippen LogP contribution in [0.1, 0.15) is 11.3 Å². The Kier molecular flexibility index (Phi) is 4.32. The van der Waals surface area contributed by atoms with E-state index >= 15 is 0 Å². The van der Waals surface area contributed by atoms with E-state index < -0.39 is 9.84 Å². The number of allylic oxidation sites excluding steroid dienone is 1. The molecule has 0 fully saturated rings. The Morgan fingerprint density at radius 2 is 2.26 bits per heavy atom. The quantitative estimate of drug-likeness (QED) is 0.855. The van der Waals surface area contributed by atoms with Crippen LogP contribution < -0.4 is 0 Å². The standard InChI is InChI=1S/C12H14ClNO3S2/c1-14(7-10-2-3-11(13)18-10)12(15)6-9-4-5-19(16,17)8-9/h2-5,9H,6-8H2,1H3. The molecule has 1 unspecified atom stereocenters. The van der Waals surface area contributed by atoms with E-state index in [0.717, 1.165) is 4.88 Å². The van der Waals surface area contributed by atoms with Gasteiger partial charge < -0.3 is 4.90 Å². The first-order valence-electron chi connectivity index (χ1n) is 5.75. The van der Waals surface area contributed by atoms with E-state index in [2.05, 4.69) is 0 Å². The van der Waals surface area contributed by atoms with E-state index in [4.69, 9.17) is 11.6 Å². The third-order valence-electron chi connectivity index (χ3n) is 2.89. The fourth-order valence-corrected chi connectivity index (χ4v) is 4.45. The van der Waals surface area contributed by atoms with E-state index in [1.54, 1.807) is 24.1 Å². The van der Waals surface area contributed by atoms with Gasteiger partial charge in [0.25, 0.3) is 0 Å². The Balaban J connectivity index is 1.88. The molecule has 0 aromatic carbocycles. The summed E-state index contributed by atoms with van der Waals surface area (Å²) in [6, 6.07) is 3.68. The third kappa shape index (κ3) is 4.06. The Morgan fingerprint density at radius 1 is 1.53 bits per heavy atom. The van der Waals surface area contributed by atoms with Crippen molar-refractivity contribution in [3.8, 4) is 0 Å². The van der Waals surface area contributed by atoms with Crippen LogP contribution >= 0.6 is 22.9 Å². The van der Waals surface area contributed by atoms with E-state index in [9.17, 15) is 13.2 Å². The Morgan fingerprint density at radius 3 is 2.79 bits per heavy atom. The maximum absolute atomic E-state index is 12.0. The molecule has 19 heavy (non-hydrogen) atoms. The molecule has 0 spiro atoms. The summed E-state index contributed by atoms with van der Waals surface area (Å²) >= 11 is 7.27. The Labute approximate surface area is 121 Å². The molecule has 1 aliphatic heterocycles. The molecule has 1 aliphatic rings. The molecule has 0 saturated heterocycles. The smallest absolute Gasteiger partial charge is 0.223 e. The van der Waals surface area contributed by atoms with Gasteiger partial charge in [0.2, 0.25) is 5.91 Å². The summed E-state index contributed by atoms with van der Waals surface area (Å²) in [7, 11) is -1.38. The van der Waals surface area contributed by atoms with Crippen molar-refractivity contribution in [2.24, 2.45) is 5.92 Å². The average molecular weight is 320 g/mol. The van der Waals surface area contributed by atoms with Crippen molar-refractivity contribution >= 4 is 38.7 Å². The summed E-state index contributed by atoms with van der Waals surface area (Å²) in [5, 5.41) is 1.20. The number of thiophene rings is 1. The van der Waals surface area contributed by atoms with Gasteiger partial charge in [-0.25, -0.2) is 8.42 Å². The van der Waals surface area contributed by atoms with Crippen molar-refractivity contribution < 1.29 is 13.2 Å². The highest BCUT2D eigenvalue weighted by Gasteiger charge is 2.25. The van der Waals surface area contributed by atoms with Crippen LogP contribution in [0.3, 0.4) is 0 Å². The van der Waals surface area contributed by atoms with E-state index in [1.165, 1.54) is 16.7 Å². The van der Waals surface area contributed by atoms with E-state index in [-0.39, 0.29) is 24.0 Å². The van der Waals surface area contributed by atoms with Crippen LogP contribution in [0, 0.1) is 5.92 Å². The molecule has 1 aromatic heterocycles. The minimum atomic E-state index is -3.09. The van der Waals surface area contributed by atoms with Crippen LogP contribution in [0.15, 0.2) is 23.6 Å². The van der Waals surface area contributed by atoms with Gasteiger partial charge in [-0.05, 0) is 12.1 Å². The fourth-order valence-electron chi connectivity index (χ4n) is 1.91. The third-order valence-corrected chi connectivity index (χ3v) is 5.57. The summed E-state index contributed by atoms with van der Waals surface area (Å²) in [5.74, 6) is -0.222. The summed E-state index contributed by atoms with van der Waals surface area (Å²) in [6.07, 6.45) is 1.83. The maximum Gasteiger partial charge on any atom is 0.223 e. The largest absolute Gasteiger partial charge is 0.341 e. The van der Waals surface area contributed by atoms with Crippen LogP contribution in [0.5, 0.6) is 0 Å². The second-order valence-corrected chi connectivity index (χ2v) is 8.31. The van der Waals surface area contributed by atoms with Crippen molar-refractivity contribution in [3.05, 3.63) is 32.8 Å². The molecule has 2 heterocycles. The van der Waals surface area contributed by atoms with Crippen LogP contribution in [-0.4, -0.2) is 32.0 Å². The lowest BCUT2D eigenvalue weighted by Gasteiger charge is -2.17. The van der Waals surface area contributed by atoms with Crippen molar-refractivity contribution in [1.82, 2.24) is 4.90 Å². The lowest BCUT2D eigenvalue weighted by Crippen LogP contribution is -2.28. The van der Waals surface area contributed by atoms with Gasteiger partial charge in [-0.1, -0.05) is 17.7 Å². The summed E-state index contributed by atoms with van der Waals surface area (Å²) < 4.78 is 23.2. The normalized spacial score (nSPS) is 20.6. The molecular weight excluding hydrogens is 306 g/mol. The van der Waals surface area contributed by atoms with Gasteiger partial charge in [0.1, 0.15) is 0 Å². The molecule has 0 saturated carbocycles.